The molecule has 2 unspecified atom stereocenters. The molecule has 0 radical (unpaired) electrons. The van der Waals surface area contributed by atoms with E-state index in [2.05, 4.69) is 5.32 Å². The van der Waals surface area contributed by atoms with E-state index in [4.69, 9.17) is 0 Å². The fraction of sp³-hybridized carbons (Fsp3) is 1.00. The fourth-order valence-corrected chi connectivity index (χ4v) is 2.97. The van der Waals surface area contributed by atoms with E-state index in [0.717, 1.165) is 6.54 Å². The first-order valence-electron chi connectivity index (χ1n) is 4.72. The van der Waals surface area contributed by atoms with Gasteiger partial charge in [-0.25, -0.2) is 8.42 Å². The Hall–Kier alpha value is -0.130. The minimum Gasteiger partial charge on any atom is -0.311 e. The summed E-state index contributed by atoms with van der Waals surface area (Å²) >= 11 is 0. The SMILES string of the molecule is CCS(=O)(=O)N1CCNC(C)C1C. The second kappa shape index (κ2) is 3.94. The van der Waals surface area contributed by atoms with Crippen LogP contribution in [0.25, 0.3) is 0 Å². The molecule has 0 saturated carbocycles. The van der Waals surface area contributed by atoms with Gasteiger partial charge in [-0.05, 0) is 20.8 Å². The topological polar surface area (TPSA) is 49.4 Å². The number of sulfonamides is 1. The molecular formula is C8H18N2O2S. The lowest BCUT2D eigenvalue weighted by Gasteiger charge is -2.37. The van der Waals surface area contributed by atoms with Crippen molar-refractivity contribution in [2.75, 3.05) is 18.8 Å². The Morgan fingerprint density at radius 1 is 1.46 bits per heavy atom. The molecule has 1 aliphatic heterocycles. The third-order valence-electron chi connectivity index (χ3n) is 2.70. The number of rotatable bonds is 2. The third kappa shape index (κ3) is 2.21. The molecule has 0 bridgehead atoms. The molecule has 4 nitrogen and oxygen atoms in total. The molecule has 1 aliphatic rings. The highest BCUT2D eigenvalue weighted by molar-refractivity contribution is 7.89. The number of nitrogens with one attached hydrogen (secondary N) is 1. The first kappa shape index (κ1) is 10.9. The van der Waals surface area contributed by atoms with Crippen molar-refractivity contribution >= 4 is 10.0 Å². The average molecular weight is 206 g/mol. The quantitative estimate of drug-likeness (QED) is 0.693. The molecule has 0 amide bonds. The summed E-state index contributed by atoms with van der Waals surface area (Å²) in [6, 6.07) is 0.314. The van der Waals surface area contributed by atoms with Gasteiger partial charge in [0.1, 0.15) is 0 Å². The summed E-state index contributed by atoms with van der Waals surface area (Å²) in [6.45, 7) is 7.01. The molecule has 1 saturated heterocycles. The molecule has 78 valence electrons. The zero-order valence-electron chi connectivity index (χ0n) is 8.45. The van der Waals surface area contributed by atoms with Gasteiger partial charge in [0.05, 0.1) is 5.75 Å². The summed E-state index contributed by atoms with van der Waals surface area (Å²) in [5.41, 5.74) is 0. The van der Waals surface area contributed by atoms with Gasteiger partial charge in [-0.15, -0.1) is 0 Å². The lowest BCUT2D eigenvalue weighted by atomic mass is 10.1. The third-order valence-corrected chi connectivity index (χ3v) is 4.66. The molecule has 13 heavy (non-hydrogen) atoms. The van der Waals surface area contributed by atoms with Crippen LogP contribution in [0.2, 0.25) is 0 Å². The first-order chi connectivity index (χ1) is 5.99. The Morgan fingerprint density at radius 3 is 2.62 bits per heavy atom. The summed E-state index contributed by atoms with van der Waals surface area (Å²) < 4.78 is 24.8. The Bertz CT molecular complexity index is 263. The van der Waals surface area contributed by atoms with Gasteiger partial charge in [0.15, 0.2) is 0 Å². The molecule has 0 spiro atoms. The Labute approximate surface area is 80.4 Å². The first-order valence-corrected chi connectivity index (χ1v) is 6.33. The van der Waals surface area contributed by atoms with Gasteiger partial charge >= 0.3 is 0 Å². The van der Waals surface area contributed by atoms with Gasteiger partial charge < -0.3 is 5.32 Å². The van der Waals surface area contributed by atoms with Gasteiger partial charge in [0.2, 0.25) is 10.0 Å². The van der Waals surface area contributed by atoms with Gasteiger partial charge in [0, 0.05) is 25.2 Å². The van der Waals surface area contributed by atoms with Crippen LogP contribution in [0.15, 0.2) is 0 Å². The summed E-state index contributed by atoms with van der Waals surface area (Å²) in [5, 5.41) is 3.25. The molecular weight excluding hydrogens is 188 g/mol. The van der Waals surface area contributed by atoms with Crippen LogP contribution in [-0.2, 0) is 10.0 Å². The van der Waals surface area contributed by atoms with Crippen LogP contribution in [0.3, 0.4) is 0 Å². The Kier molecular flexibility index (Phi) is 3.32. The maximum absolute atomic E-state index is 11.6. The highest BCUT2D eigenvalue weighted by Crippen LogP contribution is 2.13. The summed E-state index contributed by atoms with van der Waals surface area (Å²) in [7, 11) is -3.01. The van der Waals surface area contributed by atoms with Crippen LogP contribution in [0.4, 0.5) is 0 Å². The summed E-state index contributed by atoms with van der Waals surface area (Å²) in [6.07, 6.45) is 0. The highest BCUT2D eigenvalue weighted by Gasteiger charge is 2.31. The smallest absolute Gasteiger partial charge is 0.214 e. The molecule has 1 heterocycles. The van der Waals surface area contributed by atoms with Crippen LogP contribution in [0.1, 0.15) is 20.8 Å². The minimum atomic E-state index is -3.01. The molecule has 5 heteroatoms. The molecule has 1 rings (SSSR count). The van der Waals surface area contributed by atoms with Gasteiger partial charge in [-0.1, -0.05) is 0 Å². The summed E-state index contributed by atoms with van der Waals surface area (Å²) in [4.78, 5) is 0. The van der Waals surface area contributed by atoms with E-state index in [0.29, 0.717) is 6.54 Å². The van der Waals surface area contributed by atoms with E-state index in [1.807, 2.05) is 13.8 Å². The predicted molar refractivity (Wildman–Crippen MR) is 53.1 cm³/mol. The summed E-state index contributed by atoms with van der Waals surface area (Å²) in [5.74, 6) is 0.198. The molecule has 2 atom stereocenters. The van der Waals surface area contributed by atoms with Crippen molar-refractivity contribution in [2.24, 2.45) is 0 Å². The largest absolute Gasteiger partial charge is 0.311 e. The monoisotopic (exact) mass is 206 g/mol. The van der Waals surface area contributed by atoms with Crippen LogP contribution in [-0.4, -0.2) is 43.6 Å². The second-order valence-electron chi connectivity index (χ2n) is 3.49. The number of piperazine rings is 1. The molecule has 0 aromatic rings. The molecule has 1 N–H and O–H groups in total. The van der Waals surface area contributed by atoms with E-state index < -0.39 is 10.0 Å². The predicted octanol–water partition coefficient (Wildman–Crippen LogP) is 0.0183. The van der Waals surface area contributed by atoms with Crippen LogP contribution >= 0.6 is 0 Å². The van der Waals surface area contributed by atoms with E-state index in [-0.39, 0.29) is 17.8 Å². The number of nitrogens with zero attached hydrogens (tertiary/aromatic N) is 1. The van der Waals surface area contributed by atoms with E-state index >= 15 is 0 Å². The van der Waals surface area contributed by atoms with Crippen molar-refractivity contribution in [3.05, 3.63) is 0 Å². The number of hydrogen-bond acceptors (Lipinski definition) is 3. The lowest BCUT2D eigenvalue weighted by molar-refractivity contribution is 0.233. The highest BCUT2D eigenvalue weighted by atomic mass is 32.2. The van der Waals surface area contributed by atoms with Crippen molar-refractivity contribution in [2.45, 2.75) is 32.9 Å². The normalized spacial score (nSPS) is 31.9. The maximum atomic E-state index is 11.6. The zero-order valence-corrected chi connectivity index (χ0v) is 9.26. The minimum absolute atomic E-state index is 0.0682. The van der Waals surface area contributed by atoms with Crippen molar-refractivity contribution in [3.63, 3.8) is 0 Å². The van der Waals surface area contributed by atoms with Crippen molar-refractivity contribution in [3.8, 4) is 0 Å². The molecule has 1 fully saturated rings. The van der Waals surface area contributed by atoms with Crippen LogP contribution in [0, 0.1) is 0 Å². The molecule has 0 aromatic heterocycles. The standard InChI is InChI=1S/C8H18N2O2S/c1-4-13(11,12)10-6-5-9-7(2)8(10)3/h7-9H,4-6H2,1-3H3. The van der Waals surface area contributed by atoms with E-state index in [1.54, 1.807) is 11.2 Å². The molecule has 0 aromatic carbocycles. The number of hydrogen-bond donors (Lipinski definition) is 1. The maximum Gasteiger partial charge on any atom is 0.214 e. The van der Waals surface area contributed by atoms with Gasteiger partial charge in [-0.2, -0.15) is 4.31 Å². The van der Waals surface area contributed by atoms with Crippen molar-refractivity contribution < 1.29 is 8.42 Å². The Balaban J connectivity index is 2.80. The molecule has 0 aliphatic carbocycles. The average Bonchev–Trinajstić information content (AvgIpc) is 2.09. The van der Waals surface area contributed by atoms with Crippen molar-refractivity contribution in [1.82, 2.24) is 9.62 Å². The Morgan fingerprint density at radius 2 is 2.08 bits per heavy atom. The zero-order chi connectivity index (χ0) is 10.1. The lowest BCUT2D eigenvalue weighted by Crippen LogP contribution is -2.57. The van der Waals surface area contributed by atoms with Crippen LogP contribution < -0.4 is 5.32 Å². The van der Waals surface area contributed by atoms with Crippen molar-refractivity contribution in [1.29, 1.82) is 0 Å². The van der Waals surface area contributed by atoms with E-state index in [1.165, 1.54) is 0 Å². The van der Waals surface area contributed by atoms with Gasteiger partial charge in [0.25, 0.3) is 0 Å². The fourth-order valence-electron chi connectivity index (χ4n) is 1.58. The second-order valence-corrected chi connectivity index (χ2v) is 5.70. The van der Waals surface area contributed by atoms with Gasteiger partial charge in [-0.3, -0.25) is 0 Å². The van der Waals surface area contributed by atoms with E-state index in [9.17, 15) is 8.42 Å². The van der Waals surface area contributed by atoms with Crippen LogP contribution in [0.5, 0.6) is 0 Å².